The summed E-state index contributed by atoms with van der Waals surface area (Å²) in [6, 6.07) is 0. The molecule has 0 aliphatic heterocycles. The van der Waals surface area contributed by atoms with Gasteiger partial charge in [0.1, 0.15) is 13.2 Å². The Morgan fingerprint density at radius 2 is 0.803 bits per heavy atom. The lowest BCUT2D eigenvalue weighted by molar-refractivity contribution is -0.870. The molecule has 0 saturated carbocycles. The van der Waals surface area contributed by atoms with Crippen molar-refractivity contribution >= 4 is 17.9 Å². The van der Waals surface area contributed by atoms with Crippen molar-refractivity contribution in [2.75, 3.05) is 47.5 Å². The third-order valence-corrected chi connectivity index (χ3v) is 11.8. The Balaban J connectivity index is 4.35. The second-order valence-electron chi connectivity index (χ2n) is 19.8. The van der Waals surface area contributed by atoms with Crippen LogP contribution in [0.5, 0.6) is 0 Å². The molecule has 0 aromatic carbocycles. The first-order valence-corrected chi connectivity index (χ1v) is 28.4. The molecule has 0 saturated heterocycles. The molecule has 0 aliphatic carbocycles. The SMILES string of the molecule is CC/C=C\C/C=C\C/C=C\C/C=C\C/C=C\C/C=C\CCCCCCC(=O)OC(COC(=O)CCCCCCCCCCCCC/C=C\C/C=C\CCCCCCC)COC(OCC[N+](C)(C)C)C(=O)[O-]. The fourth-order valence-corrected chi connectivity index (χ4v) is 7.45. The van der Waals surface area contributed by atoms with Gasteiger partial charge < -0.3 is 33.3 Å². The lowest BCUT2D eigenvalue weighted by Gasteiger charge is -2.26. The zero-order chi connectivity index (χ0) is 52.0. The van der Waals surface area contributed by atoms with Crippen LogP contribution in [-0.2, 0) is 33.3 Å². The van der Waals surface area contributed by atoms with Crippen molar-refractivity contribution < 1.29 is 42.9 Å². The van der Waals surface area contributed by atoms with Gasteiger partial charge in [0, 0.05) is 12.8 Å². The van der Waals surface area contributed by atoms with E-state index in [-0.39, 0.29) is 38.6 Å². The number of allylic oxidation sites excluding steroid dienone is 16. The Morgan fingerprint density at radius 1 is 0.437 bits per heavy atom. The van der Waals surface area contributed by atoms with Crippen LogP contribution >= 0.6 is 0 Å². The van der Waals surface area contributed by atoms with Crippen LogP contribution in [0.3, 0.4) is 0 Å². The maximum Gasteiger partial charge on any atom is 0.306 e. The van der Waals surface area contributed by atoms with Crippen molar-refractivity contribution in [1.82, 2.24) is 0 Å². The highest BCUT2D eigenvalue weighted by Crippen LogP contribution is 2.15. The van der Waals surface area contributed by atoms with Gasteiger partial charge in [0.05, 0.1) is 40.3 Å². The number of rotatable bonds is 51. The number of nitrogens with zero attached hydrogens (tertiary/aromatic N) is 1. The molecule has 0 fully saturated rings. The molecule has 0 radical (unpaired) electrons. The summed E-state index contributed by atoms with van der Waals surface area (Å²) in [5.41, 5.74) is 0. The number of unbranched alkanes of at least 4 members (excludes halogenated alkanes) is 20. The number of ether oxygens (including phenoxy) is 4. The zero-order valence-corrected chi connectivity index (χ0v) is 46.1. The number of carboxylic acid groups (broad SMARTS) is 1. The first-order chi connectivity index (χ1) is 34.6. The van der Waals surface area contributed by atoms with Gasteiger partial charge in [-0.05, 0) is 96.3 Å². The van der Waals surface area contributed by atoms with Crippen LogP contribution in [0, 0.1) is 0 Å². The average Bonchev–Trinajstić information content (AvgIpc) is 3.34. The molecule has 71 heavy (non-hydrogen) atoms. The fourth-order valence-electron chi connectivity index (χ4n) is 7.45. The second kappa shape index (κ2) is 52.5. The summed E-state index contributed by atoms with van der Waals surface area (Å²) in [6.07, 6.45) is 67.3. The average molecular weight is 993 g/mol. The van der Waals surface area contributed by atoms with E-state index in [0.717, 1.165) is 89.9 Å². The Hall–Kier alpha value is -3.79. The molecule has 0 amide bonds. The topological polar surface area (TPSA) is 111 Å². The van der Waals surface area contributed by atoms with Gasteiger partial charge in [0.15, 0.2) is 12.4 Å². The van der Waals surface area contributed by atoms with Crippen LogP contribution in [0.1, 0.15) is 219 Å². The number of carbonyl (C=O) groups excluding carboxylic acids is 3. The van der Waals surface area contributed by atoms with Gasteiger partial charge in [-0.15, -0.1) is 0 Å². The first kappa shape index (κ1) is 67.2. The number of likely N-dealkylation sites (N-methyl/N-ethyl adjacent to an activating group) is 1. The Bertz CT molecular complexity index is 1480. The summed E-state index contributed by atoms with van der Waals surface area (Å²) >= 11 is 0. The summed E-state index contributed by atoms with van der Waals surface area (Å²) in [4.78, 5) is 37.3. The summed E-state index contributed by atoms with van der Waals surface area (Å²) < 4.78 is 22.7. The van der Waals surface area contributed by atoms with E-state index in [4.69, 9.17) is 18.9 Å². The van der Waals surface area contributed by atoms with Gasteiger partial charge in [0.2, 0.25) is 0 Å². The highest BCUT2D eigenvalue weighted by molar-refractivity contribution is 5.70. The largest absolute Gasteiger partial charge is 0.545 e. The van der Waals surface area contributed by atoms with Crippen molar-refractivity contribution in [3.63, 3.8) is 0 Å². The molecular weight excluding hydrogens is 887 g/mol. The molecule has 0 spiro atoms. The molecule has 2 unspecified atom stereocenters. The van der Waals surface area contributed by atoms with E-state index >= 15 is 0 Å². The molecule has 0 aliphatic rings. The maximum absolute atomic E-state index is 12.8. The Morgan fingerprint density at radius 3 is 1.20 bits per heavy atom. The van der Waals surface area contributed by atoms with Crippen molar-refractivity contribution in [3.05, 3.63) is 97.2 Å². The summed E-state index contributed by atoms with van der Waals surface area (Å²) in [6.45, 7) is 4.59. The Kier molecular flexibility index (Phi) is 49.7. The van der Waals surface area contributed by atoms with Crippen molar-refractivity contribution in [3.8, 4) is 0 Å². The molecule has 0 rings (SSSR count). The lowest BCUT2D eigenvalue weighted by Crippen LogP contribution is -2.44. The smallest absolute Gasteiger partial charge is 0.306 e. The van der Waals surface area contributed by atoms with Crippen LogP contribution in [-0.4, -0.2) is 82.3 Å². The van der Waals surface area contributed by atoms with Gasteiger partial charge in [-0.3, -0.25) is 9.59 Å². The predicted molar refractivity (Wildman–Crippen MR) is 297 cm³/mol. The first-order valence-electron chi connectivity index (χ1n) is 28.4. The predicted octanol–water partition coefficient (Wildman–Crippen LogP) is 15.2. The molecule has 2 atom stereocenters. The van der Waals surface area contributed by atoms with Crippen molar-refractivity contribution in [2.24, 2.45) is 0 Å². The van der Waals surface area contributed by atoms with Gasteiger partial charge in [-0.2, -0.15) is 0 Å². The van der Waals surface area contributed by atoms with Gasteiger partial charge in [0.25, 0.3) is 0 Å². The minimum absolute atomic E-state index is 0.137. The second-order valence-corrected chi connectivity index (χ2v) is 19.8. The van der Waals surface area contributed by atoms with Crippen LogP contribution in [0.2, 0.25) is 0 Å². The molecule has 0 N–H and O–H groups in total. The number of carboxylic acids is 1. The van der Waals surface area contributed by atoms with E-state index in [0.29, 0.717) is 17.4 Å². The molecular formula is C62H105NO8. The highest BCUT2D eigenvalue weighted by Gasteiger charge is 2.22. The zero-order valence-electron chi connectivity index (χ0n) is 46.1. The molecule has 0 heterocycles. The van der Waals surface area contributed by atoms with Gasteiger partial charge >= 0.3 is 11.9 Å². The molecule has 0 aromatic heterocycles. The summed E-state index contributed by atoms with van der Waals surface area (Å²) in [7, 11) is 5.90. The third kappa shape index (κ3) is 53.8. The summed E-state index contributed by atoms with van der Waals surface area (Å²) in [5.74, 6) is -2.33. The standard InChI is InChI=1S/C62H105NO8/c1-6-8-10-12-14-16-18-20-22-24-26-28-30-32-34-36-38-40-42-44-46-48-50-52-59(64)69-56-58(57-70-62(61(66)67)68-55-54-63(3,4)5)71-60(65)53-51-49-47-45-43-41-39-37-35-33-31-29-27-25-23-21-19-17-15-13-11-9-7-2/h9,11,15,17-18,20-21,23-24,26-27,29,33,35,39,41,58,62H,6-8,10,12-14,16,19,22,25,28,30-32,34,36-38,40,42-57H2,1-5H3/b11-9-,17-15-,20-18-,23-21-,26-24-,29-27-,35-33-,41-39-. The molecule has 406 valence electrons. The molecule has 0 aromatic rings. The van der Waals surface area contributed by atoms with Gasteiger partial charge in [-0.25, -0.2) is 0 Å². The Labute approximate surface area is 435 Å². The number of aliphatic carboxylic acids is 1. The number of quaternary nitrogens is 1. The summed E-state index contributed by atoms with van der Waals surface area (Å²) in [5, 5.41) is 11.8. The third-order valence-electron chi connectivity index (χ3n) is 11.8. The molecule has 0 bridgehead atoms. The number of esters is 2. The number of hydrogen-bond donors (Lipinski definition) is 0. The van der Waals surface area contributed by atoms with E-state index in [1.807, 2.05) is 21.1 Å². The maximum atomic E-state index is 12.8. The number of hydrogen-bond acceptors (Lipinski definition) is 8. The van der Waals surface area contributed by atoms with Crippen LogP contribution in [0.15, 0.2) is 97.2 Å². The van der Waals surface area contributed by atoms with E-state index in [9.17, 15) is 19.5 Å². The van der Waals surface area contributed by atoms with E-state index in [1.54, 1.807) is 0 Å². The van der Waals surface area contributed by atoms with Crippen LogP contribution < -0.4 is 5.11 Å². The van der Waals surface area contributed by atoms with E-state index < -0.39 is 24.3 Å². The van der Waals surface area contributed by atoms with Crippen molar-refractivity contribution in [2.45, 2.75) is 232 Å². The van der Waals surface area contributed by atoms with E-state index in [2.05, 4.69) is 111 Å². The quantitative estimate of drug-likeness (QED) is 0.0195. The fraction of sp³-hybridized carbons (Fsp3) is 0.694. The lowest BCUT2D eigenvalue weighted by atomic mass is 10.0. The highest BCUT2D eigenvalue weighted by atomic mass is 16.7. The van der Waals surface area contributed by atoms with E-state index in [1.165, 1.54) is 96.3 Å². The van der Waals surface area contributed by atoms with Crippen LogP contribution in [0.4, 0.5) is 0 Å². The molecule has 9 nitrogen and oxygen atoms in total. The molecule has 9 heteroatoms. The van der Waals surface area contributed by atoms with Crippen molar-refractivity contribution in [1.29, 1.82) is 0 Å². The monoisotopic (exact) mass is 992 g/mol. The normalized spacial score (nSPS) is 13.5. The van der Waals surface area contributed by atoms with Gasteiger partial charge in [-0.1, -0.05) is 207 Å². The number of carbonyl (C=O) groups is 3. The minimum atomic E-state index is -1.63. The minimum Gasteiger partial charge on any atom is -0.545 e. The van der Waals surface area contributed by atoms with Crippen LogP contribution in [0.25, 0.3) is 0 Å².